The van der Waals surface area contributed by atoms with E-state index >= 15 is 0 Å². The lowest BCUT2D eigenvalue weighted by Gasteiger charge is -1.97. The predicted molar refractivity (Wildman–Crippen MR) is 49.2 cm³/mol. The summed E-state index contributed by atoms with van der Waals surface area (Å²) in [5, 5.41) is 4.25. The molecule has 5 heteroatoms. The molecule has 0 saturated heterocycles. The molecule has 0 unspecified atom stereocenters. The van der Waals surface area contributed by atoms with E-state index in [0.717, 1.165) is 0 Å². The number of nitrogen functional groups attached to an aromatic ring is 1. The number of nitrogens with two attached hydrogens (primary N) is 1. The minimum absolute atomic E-state index is 0.366. The van der Waals surface area contributed by atoms with Gasteiger partial charge in [-0.05, 0) is 12.1 Å². The Hall–Kier alpha value is -1.55. The number of anilines is 1. The van der Waals surface area contributed by atoms with Crippen molar-refractivity contribution in [3.8, 4) is 11.4 Å². The van der Waals surface area contributed by atoms with Crippen LogP contribution in [-0.4, -0.2) is 10.1 Å². The van der Waals surface area contributed by atoms with Gasteiger partial charge in [0.1, 0.15) is 17.8 Å². The molecule has 0 amide bonds. The molecule has 0 aromatic carbocycles. The zero-order chi connectivity index (χ0) is 9.26. The number of halogens is 1. The number of hydrogen-bond acceptors (Lipinski definition) is 4. The summed E-state index contributed by atoms with van der Waals surface area (Å²) in [6.07, 6.45) is 1.47. The fourth-order valence-corrected chi connectivity index (χ4v) is 1.21. The first-order valence-electron chi connectivity index (χ1n) is 3.59. The van der Waals surface area contributed by atoms with E-state index < -0.39 is 0 Å². The Morgan fingerprint density at radius 1 is 1.31 bits per heavy atom. The molecule has 0 fully saturated rings. The van der Waals surface area contributed by atoms with Crippen LogP contribution in [0.3, 0.4) is 0 Å². The monoisotopic (exact) mass is 195 g/mol. The third kappa shape index (κ3) is 1.62. The summed E-state index contributed by atoms with van der Waals surface area (Å²) in [5.41, 5.74) is 6.74. The summed E-state index contributed by atoms with van der Waals surface area (Å²) < 4.78 is 4.67. The van der Waals surface area contributed by atoms with E-state index in [1.54, 1.807) is 18.2 Å². The lowest BCUT2D eigenvalue weighted by atomic mass is 10.3. The van der Waals surface area contributed by atoms with Crippen LogP contribution in [0.2, 0.25) is 5.02 Å². The SMILES string of the molecule is Nc1cc(Cl)cc(-c2ccon2)n1. The van der Waals surface area contributed by atoms with Gasteiger partial charge < -0.3 is 10.3 Å². The molecular weight excluding hydrogens is 190 g/mol. The molecule has 2 aromatic rings. The molecule has 0 radical (unpaired) electrons. The van der Waals surface area contributed by atoms with Gasteiger partial charge in [-0.1, -0.05) is 16.8 Å². The second-order valence-electron chi connectivity index (χ2n) is 2.48. The summed E-state index contributed by atoms with van der Waals surface area (Å²) in [6.45, 7) is 0. The second-order valence-corrected chi connectivity index (χ2v) is 2.92. The van der Waals surface area contributed by atoms with Crippen molar-refractivity contribution in [3.05, 3.63) is 29.5 Å². The van der Waals surface area contributed by atoms with Crippen LogP contribution in [0.1, 0.15) is 0 Å². The molecule has 4 nitrogen and oxygen atoms in total. The molecule has 2 aromatic heterocycles. The first-order chi connectivity index (χ1) is 6.25. The Kier molecular flexibility index (Phi) is 1.90. The van der Waals surface area contributed by atoms with Crippen molar-refractivity contribution < 1.29 is 4.52 Å². The van der Waals surface area contributed by atoms with Crippen LogP contribution in [0.5, 0.6) is 0 Å². The lowest BCUT2D eigenvalue weighted by molar-refractivity contribution is 0.422. The van der Waals surface area contributed by atoms with Gasteiger partial charge in [-0.2, -0.15) is 0 Å². The number of aromatic nitrogens is 2. The molecule has 0 aliphatic heterocycles. The van der Waals surface area contributed by atoms with Crippen LogP contribution in [0.4, 0.5) is 5.82 Å². The van der Waals surface area contributed by atoms with Crippen LogP contribution in [-0.2, 0) is 0 Å². The largest absolute Gasteiger partial charge is 0.384 e. The molecule has 0 saturated carbocycles. The van der Waals surface area contributed by atoms with Gasteiger partial charge in [0.15, 0.2) is 0 Å². The molecule has 2 N–H and O–H groups in total. The lowest BCUT2D eigenvalue weighted by Crippen LogP contribution is -1.92. The maximum absolute atomic E-state index is 5.79. The maximum atomic E-state index is 5.79. The standard InChI is InChI=1S/C8H6ClN3O/c9-5-3-7(11-8(10)4-5)6-1-2-13-12-6/h1-4H,(H2,10,11). The summed E-state index contributed by atoms with van der Waals surface area (Å²) >= 11 is 5.79. The van der Waals surface area contributed by atoms with Gasteiger partial charge in [-0.3, -0.25) is 0 Å². The third-order valence-electron chi connectivity index (χ3n) is 1.51. The zero-order valence-electron chi connectivity index (χ0n) is 6.57. The van der Waals surface area contributed by atoms with Gasteiger partial charge >= 0.3 is 0 Å². The number of pyridine rings is 1. The van der Waals surface area contributed by atoms with Gasteiger partial charge in [0.25, 0.3) is 0 Å². The summed E-state index contributed by atoms with van der Waals surface area (Å²) in [4.78, 5) is 4.05. The fraction of sp³-hybridized carbons (Fsp3) is 0. The van der Waals surface area contributed by atoms with Crippen LogP contribution in [0.25, 0.3) is 11.4 Å². The minimum atomic E-state index is 0.366. The molecule has 13 heavy (non-hydrogen) atoms. The Morgan fingerprint density at radius 2 is 2.15 bits per heavy atom. The van der Waals surface area contributed by atoms with Crippen molar-refractivity contribution in [2.24, 2.45) is 0 Å². The molecule has 0 bridgehead atoms. The number of hydrogen-bond donors (Lipinski definition) is 1. The van der Waals surface area contributed by atoms with Crippen molar-refractivity contribution in [1.82, 2.24) is 10.1 Å². The van der Waals surface area contributed by atoms with Crippen LogP contribution < -0.4 is 5.73 Å². The maximum Gasteiger partial charge on any atom is 0.132 e. The quantitative estimate of drug-likeness (QED) is 0.756. The molecule has 2 heterocycles. The van der Waals surface area contributed by atoms with Crippen molar-refractivity contribution in [2.75, 3.05) is 5.73 Å². The molecule has 0 spiro atoms. The smallest absolute Gasteiger partial charge is 0.132 e. The first kappa shape index (κ1) is 8.07. The fourth-order valence-electron chi connectivity index (χ4n) is 0.993. The molecule has 66 valence electrons. The third-order valence-corrected chi connectivity index (χ3v) is 1.73. The van der Waals surface area contributed by atoms with Gasteiger partial charge in [-0.15, -0.1) is 0 Å². The van der Waals surface area contributed by atoms with Crippen molar-refractivity contribution in [1.29, 1.82) is 0 Å². The summed E-state index contributed by atoms with van der Waals surface area (Å²) in [7, 11) is 0. The Bertz CT molecular complexity index is 393. The zero-order valence-corrected chi connectivity index (χ0v) is 7.32. The van der Waals surface area contributed by atoms with Crippen molar-refractivity contribution >= 4 is 17.4 Å². The molecule has 0 aliphatic carbocycles. The highest BCUT2D eigenvalue weighted by atomic mass is 35.5. The van der Waals surface area contributed by atoms with E-state index in [2.05, 4.69) is 14.7 Å². The second kappa shape index (κ2) is 3.06. The van der Waals surface area contributed by atoms with Crippen molar-refractivity contribution in [3.63, 3.8) is 0 Å². The Balaban J connectivity index is 2.53. The predicted octanol–water partition coefficient (Wildman–Crippen LogP) is 1.97. The van der Waals surface area contributed by atoms with Crippen LogP contribution in [0.15, 0.2) is 29.0 Å². The summed E-state index contributed by atoms with van der Waals surface area (Å²) in [6, 6.07) is 4.94. The number of nitrogens with zero attached hydrogens (tertiary/aromatic N) is 2. The summed E-state index contributed by atoms with van der Waals surface area (Å²) in [5.74, 6) is 0.366. The highest BCUT2D eigenvalue weighted by molar-refractivity contribution is 6.31. The normalized spacial score (nSPS) is 10.2. The molecule has 0 atom stereocenters. The van der Waals surface area contributed by atoms with E-state index in [1.165, 1.54) is 6.26 Å². The highest BCUT2D eigenvalue weighted by Gasteiger charge is 2.04. The van der Waals surface area contributed by atoms with Crippen LogP contribution in [0, 0.1) is 0 Å². The van der Waals surface area contributed by atoms with E-state index in [9.17, 15) is 0 Å². The van der Waals surface area contributed by atoms with Gasteiger partial charge in [0.05, 0.1) is 5.69 Å². The average molecular weight is 196 g/mol. The Morgan fingerprint density at radius 3 is 2.77 bits per heavy atom. The molecule has 0 aliphatic rings. The molecular formula is C8H6ClN3O. The van der Waals surface area contributed by atoms with Crippen LogP contribution >= 0.6 is 11.6 Å². The number of rotatable bonds is 1. The average Bonchev–Trinajstić information content (AvgIpc) is 2.53. The van der Waals surface area contributed by atoms with E-state index in [1.807, 2.05) is 0 Å². The topological polar surface area (TPSA) is 64.9 Å². The van der Waals surface area contributed by atoms with Gasteiger partial charge in [0.2, 0.25) is 0 Å². The highest BCUT2D eigenvalue weighted by Crippen LogP contribution is 2.20. The van der Waals surface area contributed by atoms with Gasteiger partial charge in [0, 0.05) is 11.1 Å². The minimum Gasteiger partial charge on any atom is -0.384 e. The van der Waals surface area contributed by atoms with E-state index in [-0.39, 0.29) is 0 Å². The van der Waals surface area contributed by atoms with Crippen molar-refractivity contribution in [2.45, 2.75) is 0 Å². The molecule has 2 rings (SSSR count). The van der Waals surface area contributed by atoms with E-state index in [0.29, 0.717) is 22.2 Å². The first-order valence-corrected chi connectivity index (χ1v) is 3.97. The van der Waals surface area contributed by atoms with Gasteiger partial charge in [-0.25, -0.2) is 4.98 Å². The Labute approximate surface area is 79.3 Å². The van der Waals surface area contributed by atoms with E-state index in [4.69, 9.17) is 17.3 Å².